The summed E-state index contributed by atoms with van der Waals surface area (Å²) in [6.07, 6.45) is 5.14. The van der Waals surface area contributed by atoms with E-state index in [2.05, 4.69) is 19.2 Å². The minimum absolute atomic E-state index is 0.0428. The first-order valence-electron chi connectivity index (χ1n) is 10.6. The van der Waals surface area contributed by atoms with Gasteiger partial charge < -0.3 is 15.0 Å². The second-order valence-electron chi connectivity index (χ2n) is 8.41. The molecule has 0 unspecified atom stereocenters. The standard InChI is InChI=1S/C25H28N2O3/c1-16-7-6-8-20(17(16)2)26-24(28)19-13-11-18(12-14-19)15-23-25(29)27(3)21-9-4-5-10-22(21)30-23/h4-5,9-17,20H,6-8H2,1-3H3,(H,26,28)/b23-15-/t16-,17+,20-/m1/s1. The minimum atomic E-state index is -0.198. The molecule has 2 aromatic carbocycles. The van der Waals surface area contributed by atoms with Crippen molar-refractivity contribution in [2.45, 2.75) is 39.2 Å². The number of nitrogens with one attached hydrogen (secondary N) is 1. The Balaban J connectivity index is 1.47. The van der Waals surface area contributed by atoms with Crippen LogP contribution in [0.1, 0.15) is 49.0 Å². The highest BCUT2D eigenvalue weighted by Gasteiger charge is 2.29. The van der Waals surface area contributed by atoms with Gasteiger partial charge in [0.1, 0.15) is 0 Å². The molecule has 2 aromatic rings. The number of ether oxygens (including phenoxy) is 1. The monoisotopic (exact) mass is 404 g/mol. The Labute approximate surface area is 177 Å². The lowest BCUT2D eigenvalue weighted by Crippen LogP contribution is -2.43. The second kappa shape index (κ2) is 8.34. The van der Waals surface area contributed by atoms with Crippen molar-refractivity contribution < 1.29 is 14.3 Å². The highest BCUT2D eigenvalue weighted by molar-refractivity contribution is 6.09. The SMILES string of the molecule is C[C@H]1[C@H](C)CCC[C@H]1NC(=O)c1ccc(/C=C2\Oc3ccccc3N(C)C2=O)cc1. The molecular formula is C25H28N2O3. The molecule has 5 nitrogen and oxygen atoms in total. The van der Waals surface area contributed by atoms with Gasteiger partial charge in [-0.1, -0.05) is 51.0 Å². The zero-order valence-electron chi connectivity index (χ0n) is 17.7. The van der Waals surface area contributed by atoms with Crippen molar-refractivity contribution in [1.29, 1.82) is 0 Å². The molecule has 3 atom stereocenters. The molecule has 5 heteroatoms. The van der Waals surface area contributed by atoms with Crippen LogP contribution in [0.3, 0.4) is 0 Å². The highest BCUT2D eigenvalue weighted by atomic mass is 16.5. The molecule has 4 rings (SSSR count). The number of nitrogens with zero attached hydrogens (tertiary/aromatic N) is 1. The van der Waals surface area contributed by atoms with E-state index in [1.165, 1.54) is 6.42 Å². The molecule has 0 saturated heterocycles. The van der Waals surface area contributed by atoms with Crippen LogP contribution >= 0.6 is 0 Å². The summed E-state index contributed by atoms with van der Waals surface area (Å²) in [6, 6.07) is 14.9. The van der Waals surface area contributed by atoms with E-state index in [9.17, 15) is 9.59 Å². The summed E-state index contributed by atoms with van der Waals surface area (Å²) in [6.45, 7) is 4.48. The van der Waals surface area contributed by atoms with Crippen LogP contribution in [-0.4, -0.2) is 24.9 Å². The molecule has 1 heterocycles. The molecule has 1 N–H and O–H groups in total. The lowest BCUT2D eigenvalue weighted by Gasteiger charge is -2.34. The summed E-state index contributed by atoms with van der Waals surface area (Å²) in [5.74, 6) is 1.79. The topological polar surface area (TPSA) is 58.6 Å². The van der Waals surface area contributed by atoms with Crippen LogP contribution < -0.4 is 15.0 Å². The fourth-order valence-electron chi connectivity index (χ4n) is 4.27. The number of anilines is 1. The molecular weight excluding hydrogens is 376 g/mol. The predicted octanol–water partition coefficient (Wildman–Crippen LogP) is 4.64. The van der Waals surface area contributed by atoms with Crippen molar-refractivity contribution >= 4 is 23.6 Å². The van der Waals surface area contributed by atoms with E-state index < -0.39 is 0 Å². The van der Waals surface area contributed by atoms with Crippen LogP contribution in [0.4, 0.5) is 5.69 Å². The summed E-state index contributed by atoms with van der Waals surface area (Å²) >= 11 is 0. The van der Waals surface area contributed by atoms with Gasteiger partial charge in [-0.2, -0.15) is 0 Å². The largest absolute Gasteiger partial charge is 0.449 e. The van der Waals surface area contributed by atoms with Gasteiger partial charge in [0.15, 0.2) is 11.5 Å². The Kier molecular flexibility index (Phi) is 5.62. The van der Waals surface area contributed by atoms with Crippen molar-refractivity contribution in [3.8, 4) is 5.75 Å². The van der Waals surface area contributed by atoms with Gasteiger partial charge in [0.05, 0.1) is 5.69 Å². The number of hydrogen-bond donors (Lipinski definition) is 1. The Bertz CT molecular complexity index is 980. The first-order valence-corrected chi connectivity index (χ1v) is 10.6. The zero-order valence-corrected chi connectivity index (χ0v) is 17.7. The minimum Gasteiger partial charge on any atom is -0.449 e. The van der Waals surface area contributed by atoms with Gasteiger partial charge in [-0.05, 0) is 54.2 Å². The van der Waals surface area contributed by atoms with Crippen LogP contribution in [0.2, 0.25) is 0 Å². The fraction of sp³-hybridized carbons (Fsp3) is 0.360. The van der Waals surface area contributed by atoms with Gasteiger partial charge in [-0.25, -0.2) is 0 Å². The number of carbonyl (C=O) groups is 2. The van der Waals surface area contributed by atoms with Crippen LogP contribution in [0.5, 0.6) is 5.75 Å². The van der Waals surface area contributed by atoms with E-state index in [1.807, 2.05) is 36.4 Å². The summed E-state index contributed by atoms with van der Waals surface area (Å²) in [4.78, 5) is 26.9. The number of likely N-dealkylation sites (N-methyl/N-ethyl adjacent to an activating group) is 1. The van der Waals surface area contributed by atoms with Crippen molar-refractivity contribution in [3.05, 3.63) is 65.4 Å². The fourth-order valence-corrected chi connectivity index (χ4v) is 4.27. The Morgan fingerprint density at radius 2 is 1.83 bits per heavy atom. The van der Waals surface area contributed by atoms with Crippen LogP contribution in [0.25, 0.3) is 6.08 Å². The predicted molar refractivity (Wildman–Crippen MR) is 118 cm³/mol. The summed E-state index contributed by atoms with van der Waals surface area (Å²) < 4.78 is 5.81. The van der Waals surface area contributed by atoms with E-state index in [0.717, 1.165) is 24.1 Å². The number of hydrogen-bond acceptors (Lipinski definition) is 3. The number of carbonyl (C=O) groups excluding carboxylic acids is 2. The van der Waals surface area contributed by atoms with Crippen molar-refractivity contribution in [2.75, 3.05) is 11.9 Å². The highest BCUT2D eigenvalue weighted by Crippen LogP contribution is 2.34. The molecule has 1 aliphatic heterocycles. The van der Waals surface area contributed by atoms with Gasteiger partial charge in [0, 0.05) is 18.7 Å². The number of fused-ring (bicyclic) bond motifs is 1. The lowest BCUT2D eigenvalue weighted by atomic mass is 9.78. The molecule has 2 aliphatic rings. The molecule has 1 aliphatic carbocycles. The van der Waals surface area contributed by atoms with Crippen LogP contribution in [-0.2, 0) is 4.79 Å². The maximum Gasteiger partial charge on any atom is 0.293 e. The molecule has 2 amide bonds. The maximum absolute atomic E-state index is 12.7. The molecule has 30 heavy (non-hydrogen) atoms. The van der Waals surface area contributed by atoms with Gasteiger partial charge in [-0.3, -0.25) is 9.59 Å². The molecule has 0 spiro atoms. The van der Waals surface area contributed by atoms with E-state index in [-0.39, 0.29) is 23.6 Å². The first kappa shape index (κ1) is 20.2. The lowest BCUT2D eigenvalue weighted by molar-refractivity contribution is -0.117. The maximum atomic E-state index is 12.7. The molecule has 1 fully saturated rings. The van der Waals surface area contributed by atoms with Crippen molar-refractivity contribution in [3.63, 3.8) is 0 Å². The normalized spacial score (nSPS) is 24.9. The van der Waals surface area contributed by atoms with Gasteiger partial charge in [-0.15, -0.1) is 0 Å². The number of benzene rings is 2. The molecule has 0 radical (unpaired) electrons. The van der Waals surface area contributed by atoms with E-state index in [1.54, 1.807) is 30.2 Å². The summed E-state index contributed by atoms with van der Waals surface area (Å²) in [7, 11) is 1.73. The first-order chi connectivity index (χ1) is 14.4. The number of rotatable bonds is 3. The number of para-hydroxylation sites is 2. The van der Waals surface area contributed by atoms with Crippen molar-refractivity contribution in [2.24, 2.45) is 11.8 Å². The molecule has 1 saturated carbocycles. The average Bonchev–Trinajstić information content (AvgIpc) is 2.75. The van der Waals surface area contributed by atoms with Crippen LogP contribution in [0.15, 0.2) is 54.3 Å². The van der Waals surface area contributed by atoms with Crippen molar-refractivity contribution in [1.82, 2.24) is 5.32 Å². The third kappa shape index (κ3) is 3.97. The van der Waals surface area contributed by atoms with Gasteiger partial charge in [0.2, 0.25) is 0 Å². The molecule has 156 valence electrons. The van der Waals surface area contributed by atoms with Gasteiger partial charge >= 0.3 is 0 Å². The Hall–Kier alpha value is -3.08. The Morgan fingerprint density at radius 3 is 2.60 bits per heavy atom. The quantitative estimate of drug-likeness (QED) is 0.759. The average molecular weight is 405 g/mol. The summed E-state index contributed by atoms with van der Waals surface area (Å²) in [5, 5.41) is 3.20. The smallest absolute Gasteiger partial charge is 0.293 e. The Morgan fingerprint density at radius 1 is 1.10 bits per heavy atom. The third-order valence-corrected chi connectivity index (χ3v) is 6.46. The second-order valence-corrected chi connectivity index (χ2v) is 8.41. The van der Waals surface area contributed by atoms with E-state index in [0.29, 0.717) is 23.1 Å². The van der Waals surface area contributed by atoms with Crippen LogP contribution in [0, 0.1) is 11.8 Å². The van der Waals surface area contributed by atoms with Gasteiger partial charge in [0.25, 0.3) is 11.8 Å². The molecule has 0 bridgehead atoms. The number of amides is 2. The van der Waals surface area contributed by atoms with E-state index in [4.69, 9.17) is 4.74 Å². The third-order valence-electron chi connectivity index (χ3n) is 6.46. The van der Waals surface area contributed by atoms with E-state index >= 15 is 0 Å². The zero-order chi connectivity index (χ0) is 21.3. The molecule has 0 aromatic heterocycles. The summed E-state index contributed by atoms with van der Waals surface area (Å²) in [5.41, 5.74) is 2.18.